The van der Waals surface area contributed by atoms with Gasteiger partial charge in [0, 0.05) is 0 Å². The number of hydrogen-bond donors (Lipinski definition) is 0. The van der Waals surface area contributed by atoms with E-state index in [2.05, 4.69) is 30.3 Å². The second-order valence-corrected chi connectivity index (χ2v) is 10.4. The highest BCUT2D eigenvalue weighted by Crippen LogP contribution is 2.64. The summed E-state index contributed by atoms with van der Waals surface area (Å²) in [5, 5.41) is 0.660. The summed E-state index contributed by atoms with van der Waals surface area (Å²) in [5.41, 5.74) is 5.78. The Bertz CT molecular complexity index is 1440. The lowest BCUT2D eigenvalue weighted by Crippen LogP contribution is -2.20. The van der Waals surface area contributed by atoms with Crippen molar-refractivity contribution in [2.45, 2.75) is 0 Å². The van der Waals surface area contributed by atoms with E-state index in [4.69, 9.17) is 4.52 Å². The number of fused-ring (bicyclic) bond motifs is 1. The standard InChI is InChI=1S/C30H22NO2P/c32-34(31(27-16-8-3-9-17-27)29-18-10-11-19-30(29)33-34)28-21-25(23-12-4-1-5-13-23)20-26(22-28)24-14-6-2-7-15-24/h1-22H. The van der Waals surface area contributed by atoms with Gasteiger partial charge >= 0.3 is 7.52 Å². The quantitative estimate of drug-likeness (QED) is 0.255. The average molecular weight is 459 g/mol. The van der Waals surface area contributed by atoms with Crippen LogP contribution < -0.4 is 14.5 Å². The van der Waals surface area contributed by atoms with E-state index in [9.17, 15) is 4.57 Å². The van der Waals surface area contributed by atoms with Gasteiger partial charge in [-0.1, -0.05) is 91.0 Å². The lowest BCUT2D eigenvalue weighted by Gasteiger charge is -2.26. The van der Waals surface area contributed by atoms with Gasteiger partial charge in [-0.3, -0.25) is 4.67 Å². The number of nitrogens with zero attached hydrogens (tertiary/aromatic N) is 1. The van der Waals surface area contributed by atoms with E-state index >= 15 is 0 Å². The predicted molar refractivity (Wildman–Crippen MR) is 140 cm³/mol. The van der Waals surface area contributed by atoms with Crippen LogP contribution in [0.25, 0.3) is 22.3 Å². The molecule has 6 rings (SSSR count). The molecule has 0 aromatic heterocycles. The zero-order chi connectivity index (χ0) is 23.0. The van der Waals surface area contributed by atoms with Gasteiger partial charge in [0.2, 0.25) is 0 Å². The number of anilines is 2. The van der Waals surface area contributed by atoms with Gasteiger partial charge in [0.25, 0.3) is 0 Å². The first-order valence-corrected chi connectivity index (χ1v) is 12.8. The van der Waals surface area contributed by atoms with Gasteiger partial charge in [-0.05, 0) is 64.7 Å². The molecule has 1 aliphatic heterocycles. The molecule has 0 spiro atoms. The summed E-state index contributed by atoms with van der Waals surface area (Å²) in [6.07, 6.45) is 0. The topological polar surface area (TPSA) is 29.5 Å². The summed E-state index contributed by atoms with van der Waals surface area (Å²) < 4.78 is 23.0. The molecule has 0 saturated carbocycles. The van der Waals surface area contributed by atoms with Crippen LogP contribution >= 0.6 is 7.52 Å². The van der Waals surface area contributed by atoms with E-state index < -0.39 is 7.52 Å². The monoisotopic (exact) mass is 459 g/mol. The number of hydrogen-bond acceptors (Lipinski definition) is 2. The van der Waals surface area contributed by atoms with E-state index in [-0.39, 0.29) is 0 Å². The number of para-hydroxylation sites is 3. The maximum atomic E-state index is 14.9. The minimum absolute atomic E-state index is 0.626. The van der Waals surface area contributed by atoms with Crippen LogP contribution in [-0.2, 0) is 4.57 Å². The third-order valence-electron chi connectivity index (χ3n) is 6.04. The largest absolute Gasteiger partial charge is 0.423 e. The van der Waals surface area contributed by atoms with Crippen LogP contribution in [0, 0.1) is 0 Å². The Morgan fingerprint density at radius 2 is 1.03 bits per heavy atom. The Kier molecular flexibility index (Phi) is 5.05. The molecule has 4 heteroatoms. The molecule has 3 nitrogen and oxygen atoms in total. The van der Waals surface area contributed by atoms with E-state index in [0.29, 0.717) is 11.1 Å². The molecule has 0 saturated heterocycles. The first-order valence-electron chi connectivity index (χ1n) is 11.2. The Balaban J connectivity index is 1.59. The fourth-order valence-corrected chi connectivity index (χ4v) is 6.75. The number of rotatable bonds is 4. The number of benzene rings is 5. The Labute approximate surface area is 199 Å². The Morgan fingerprint density at radius 3 is 1.62 bits per heavy atom. The Hall–Kier alpha value is -4.07. The van der Waals surface area contributed by atoms with Gasteiger partial charge in [-0.2, -0.15) is 0 Å². The molecule has 1 atom stereocenters. The summed E-state index contributed by atoms with van der Waals surface area (Å²) >= 11 is 0. The molecule has 5 aromatic carbocycles. The van der Waals surface area contributed by atoms with Crippen LogP contribution in [0.15, 0.2) is 133 Å². The van der Waals surface area contributed by atoms with Crippen molar-refractivity contribution in [3.8, 4) is 28.0 Å². The van der Waals surface area contributed by atoms with Crippen molar-refractivity contribution in [3.63, 3.8) is 0 Å². The van der Waals surface area contributed by atoms with Gasteiger partial charge in [-0.15, -0.1) is 0 Å². The molecule has 5 aromatic rings. The second-order valence-electron chi connectivity index (χ2n) is 8.23. The highest BCUT2D eigenvalue weighted by atomic mass is 31.2. The van der Waals surface area contributed by atoms with Crippen molar-refractivity contribution in [1.82, 2.24) is 0 Å². The highest BCUT2D eigenvalue weighted by molar-refractivity contribution is 7.69. The maximum absolute atomic E-state index is 14.9. The predicted octanol–water partition coefficient (Wildman–Crippen LogP) is 8.07. The smallest absolute Gasteiger partial charge is 0.378 e. The molecule has 0 amide bonds. The maximum Gasteiger partial charge on any atom is 0.378 e. The third kappa shape index (κ3) is 3.51. The molecule has 164 valence electrons. The van der Waals surface area contributed by atoms with Crippen molar-refractivity contribution in [2.75, 3.05) is 4.67 Å². The summed E-state index contributed by atoms with van der Waals surface area (Å²) in [5.74, 6) is 0.626. The summed E-state index contributed by atoms with van der Waals surface area (Å²) in [7, 11) is -3.50. The lowest BCUT2D eigenvalue weighted by molar-refractivity contribution is 0.505. The van der Waals surface area contributed by atoms with E-state index in [0.717, 1.165) is 33.6 Å². The van der Waals surface area contributed by atoms with E-state index in [1.54, 1.807) is 0 Å². The molecular formula is C30H22NO2P. The van der Waals surface area contributed by atoms with Crippen molar-refractivity contribution < 1.29 is 9.09 Å². The van der Waals surface area contributed by atoms with Gasteiger partial charge in [0.15, 0.2) is 5.75 Å². The van der Waals surface area contributed by atoms with Crippen molar-refractivity contribution >= 4 is 24.2 Å². The van der Waals surface area contributed by atoms with Gasteiger partial charge in [0.05, 0.1) is 16.7 Å². The van der Waals surface area contributed by atoms with Gasteiger partial charge < -0.3 is 4.52 Å². The normalized spacial score (nSPS) is 16.6. The summed E-state index contributed by atoms with van der Waals surface area (Å²) in [6.45, 7) is 0. The van der Waals surface area contributed by atoms with E-state index in [1.807, 2.05) is 108 Å². The molecule has 0 bridgehead atoms. The first-order chi connectivity index (χ1) is 16.7. The van der Waals surface area contributed by atoms with Crippen LogP contribution in [0.4, 0.5) is 11.4 Å². The molecule has 0 N–H and O–H groups in total. The van der Waals surface area contributed by atoms with Crippen LogP contribution in [0.3, 0.4) is 0 Å². The summed E-state index contributed by atoms with van der Waals surface area (Å²) in [4.78, 5) is 0. The molecule has 0 aliphatic carbocycles. The molecule has 0 fully saturated rings. The van der Waals surface area contributed by atoms with Crippen LogP contribution in [-0.4, -0.2) is 0 Å². The van der Waals surface area contributed by atoms with Crippen LogP contribution in [0.2, 0.25) is 0 Å². The molecule has 1 heterocycles. The minimum Gasteiger partial charge on any atom is -0.423 e. The fraction of sp³-hybridized carbons (Fsp3) is 0. The highest BCUT2D eigenvalue weighted by Gasteiger charge is 2.44. The van der Waals surface area contributed by atoms with Crippen molar-refractivity contribution in [3.05, 3.63) is 133 Å². The third-order valence-corrected chi connectivity index (χ3v) is 8.37. The zero-order valence-electron chi connectivity index (χ0n) is 18.4. The second kappa shape index (κ2) is 8.37. The summed E-state index contributed by atoms with van der Waals surface area (Å²) in [6, 6.07) is 44.0. The Morgan fingerprint density at radius 1 is 0.529 bits per heavy atom. The average Bonchev–Trinajstić information content (AvgIpc) is 3.23. The molecule has 34 heavy (non-hydrogen) atoms. The lowest BCUT2D eigenvalue weighted by atomic mass is 9.99. The molecule has 0 radical (unpaired) electrons. The van der Waals surface area contributed by atoms with Gasteiger partial charge in [0.1, 0.15) is 0 Å². The SMILES string of the molecule is O=P1(c2cc(-c3ccccc3)cc(-c3ccccc3)c2)Oc2ccccc2N1c1ccccc1. The zero-order valence-corrected chi connectivity index (χ0v) is 19.3. The molecule has 1 aliphatic rings. The first kappa shape index (κ1) is 20.5. The van der Waals surface area contributed by atoms with Crippen molar-refractivity contribution in [1.29, 1.82) is 0 Å². The van der Waals surface area contributed by atoms with Gasteiger partial charge in [-0.25, -0.2) is 4.57 Å². The molecular weight excluding hydrogens is 437 g/mol. The van der Waals surface area contributed by atoms with E-state index in [1.165, 1.54) is 0 Å². The van der Waals surface area contributed by atoms with Crippen molar-refractivity contribution in [2.24, 2.45) is 0 Å². The minimum atomic E-state index is -3.50. The fourth-order valence-electron chi connectivity index (χ4n) is 4.42. The molecule has 1 unspecified atom stereocenters. The van der Waals surface area contributed by atoms with Crippen LogP contribution in [0.5, 0.6) is 5.75 Å². The van der Waals surface area contributed by atoms with Crippen LogP contribution in [0.1, 0.15) is 0 Å².